The van der Waals surface area contributed by atoms with Crippen LogP contribution >= 0.6 is 0 Å². The van der Waals surface area contributed by atoms with Gasteiger partial charge in [-0.05, 0) is 64.6 Å². The van der Waals surface area contributed by atoms with Gasteiger partial charge in [0.05, 0.1) is 12.1 Å². The fourth-order valence-electron chi connectivity index (χ4n) is 3.13. The van der Waals surface area contributed by atoms with Gasteiger partial charge < -0.3 is 9.80 Å². The molecule has 24 heavy (non-hydrogen) atoms. The Morgan fingerprint density at radius 1 is 1.21 bits per heavy atom. The summed E-state index contributed by atoms with van der Waals surface area (Å²) in [6, 6.07) is 9.21. The van der Waals surface area contributed by atoms with Crippen molar-refractivity contribution in [3.8, 4) is 0 Å². The van der Waals surface area contributed by atoms with E-state index in [1.54, 1.807) is 4.80 Å². The molecule has 0 radical (unpaired) electrons. The van der Waals surface area contributed by atoms with Crippen LogP contribution in [-0.4, -0.2) is 51.8 Å². The molecule has 6 nitrogen and oxygen atoms in total. The number of hydrogen-bond donors (Lipinski definition) is 0. The Kier molecular flexibility index (Phi) is 4.58. The molecule has 0 bridgehead atoms. The molecule has 0 aliphatic carbocycles. The summed E-state index contributed by atoms with van der Waals surface area (Å²) in [5.41, 5.74) is 2.56. The first-order valence-electron chi connectivity index (χ1n) is 8.63. The molecule has 2 heterocycles. The quantitative estimate of drug-likeness (QED) is 0.865. The SMILES string of the molecule is CN(C)[C@H]1CCc2ccccc2N(Cc2nnn(C(C)(C)C)n2)C1. The number of anilines is 1. The lowest BCUT2D eigenvalue weighted by Gasteiger charge is -2.30. The van der Waals surface area contributed by atoms with Crippen molar-refractivity contribution in [2.75, 3.05) is 25.5 Å². The Morgan fingerprint density at radius 3 is 2.62 bits per heavy atom. The number of aryl methyl sites for hydroxylation is 1. The minimum atomic E-state index is -0.145. The highest BCUT2D eigenvalue weighted by atomic mass is 15.6. The molecule has 0 N–H and O–H groups in total. The maximum absolute atomic E-state index is 4.59. The van der Waals surface area contributed by atoms with Crippen LogP contribution in [0.2, 0.25) is 0 Å². The summed E-state index contributed by atoms with van der Waals surface area (Å²) in [5.74, 6) is 0.777. The third-order valence-corrected chi connectivity index (χ3v) is 4.63. The van der Waals surface area contributed by atoms with E-state index in [-0.39, 0.29) is 5.54 Å². The summed E-state index contributed by atoms with van der Waals surface area (Å²) in [6.45, 7) is 7.93. The van der Waals surface area contributed by atoms with Crippen LogP contribution in [0.15, 0.2) is 24.3 Å². The van der Waals surface area contributed by atoms with E-state index in [4.69, 9.17) is 0 Å². The molecule has 2 aromatic rings. The van der Waals surface area contributed by atoms with Crippen LogP contribution in [0, 0.1) is 0 Å². The third kappa shape index (κ3) is 3.59. The molecule has 1 aromatic heterocycles. The number of hydrogen-bond acceptors (Lipinski definition) is 5. The molecule has 1 aliphatic rings. The largest absolute Gasteiger partial charge is 0.362 e. The summed E-state index contributed by atoms with van der Waals surface area (Å²) in [7, 11) is 4.32. The highest BCUT2D eigenvalue weighted by Gasteiger charge is 2.25. The molecule has 0 saturated carbocycles. The maximum atomic E-state index is 4.59. The van der Waals surface area contributed by atoms with Crippen molar-refractivity contribution >= 4 is 5.69 Å². The maximum Gasteiger partial charge on any atom is 0.194 e. The van der Waals surface area contributed by atoms with E-state index in [2.05, 4.69) is 84.3 Å². The summed E-state index contributed by atoms with van der Waals surface area (Å²) in [6.07, 6.45) is 2.28. The fraction of sp³-hybridized carbons (Fsp3) is 0.611. The van der Waals surface area contributed by atoms with Gasteiger partial charge in [-0.15, -0.1) is 10.2 Å². The zero-order chi connectivity index (χ0) is 17.3. The van der Waals surface area contributed by atoms with Crippen LogP contribution < -0.4 is 4.90 Å². The number of tetrazole rings is 1. The van der Waals surface area contributed by atoms with Crippen LogP contribution in [0.3, 0.4) is 0 Å². The lowest BCUT2D eigenvalue weighted by atomic mass is 10.1. The predicted octanol–water partition coefficient (Wildman–Crippen LogP) is 2.31. The Hall–Kier alpha value is -1.95. The Labute approximate surface area is 144 Å². The number of likely N-dealkylation sites (N-methyl/N-ethyl adjacent to an activating group) is 1. The first-order chi connectivity index (χ1) is 11.3. The molecule has 6 heteroatoms. The summed E-state index contributed by atoms with van der Waals surface area (Å²) in [4.78, 5) is 6.42. The van der Waals surface area contributed by atoms with Gasteiger partial charge in [0.15, 0.2) is 5.82 Å². The monoisotopic (exact) mass is 328 g/mol. The van der Waals surface area contributed by atoms with Crippen molar-refractivity contribution in [1.29, 1.82) is 0 Å². The lowest BCUT2D eigenvalue weighted by molar-refractivity contribution is 0.282. The van der Waals surface area contributed by atoms with Crippen LogP contribution in [0.25, 0.3) is 0 Å². The van der Waals surface area contributed by atoms with Gasteiger partial charge in [-0.3, -0.25) is 0 Å². The summed E-state index contributed by atoms with van der Waals surface area (Å²) in [5, 5.41) is 13.1. The van der Waals surface area contributed by atoms with Gasteiger partial charge >= 0.3 is 0 Å². The summed E-state index contributed by atoms with van der Waals surface area (Å²) >= 11 is 0. The predicted molar refractivity (Wildman–Crippen MR) is 96.1 cm³/mol. The van der Waals surface area contributed by atoms with Crippen molar-refractivity contribution < 1.29 is 0 Å². The minimum absolute atomic E-state index is 0.145. The first kappa shape index (κ1) is 16.9. The van der Waals surface area contributed by atoms with E-state index in [0.29, 0.717) is 12.6 Å². The molecule has 0 fully saturated rings. The average Bonchev–Trinajstić information content (AvgIpc) is 2.91. The first-order valence-corrected chi connectivity index (χ1v) is 8.63. The van der Waals surface area contributed by atoms with Crippen molar-refractivity contribution in [1.82, 2.24) is 25.1 Å². The molecule has 0 saturated heterocycles. The Bertz CT molecular complexity index is 685. The second-order valence-corrected chi connectivity index (χ2v) is 7.83. The van der Waals surface area contributed by atoms with Gasteiger partial charge in [0.25, 0.3) is 0 Å². The van der Waals surface area contributed by atoms with Crippen molar-refractivity contribution in [2.45, 2.75) is 51.7 Å². The second kappa shape index (κ2) is 6.51. The molecule has 0 unspecified atom stereocenters. The average molecular weight is 328 g/mol. The minimum Gasteiger partial charge on any atom is -0.362 e. The number of fused-ring (bicyclic) bond motifs is 1. The van der Waals surface area contributed by atoms with Crippen LogP contribution in [0.1, 0.15) is 38.6 Å². The number of nitrogens with zero attached hydrogens (tertiary/aromatic N) is 6. The molecule has 1 atom stereocenters. The van der Waals surface area contributed by atoms with Crippen molar-refractivity contribution in [3.63, 3.8) is 0 Å². The van der Waals surface area contributed by atoms with Crippen LogP contribution in [-0.2, 0) is 18.5 Å². The Balaban J connectivity index is 1.87. The normalized spacial score (nSPS) is 18.6. The van der Waals surface area contributed by atoms with Gasteiger partial charge in [-0.1, -0.05) is 18.2 Å². The van der Waals surface area contributed by atoms with Crippen molar-refractivity contribution in [2.24, 2.45) is 0 Å². The molecule has 1 aliphatic heterocycles. The number of benzene rings is 1. The smallest absolute Gasteiger partial charge is 0.194 e. The molecule has 0 amide bonds. The topological polar surface area (TPSA) is 50.1 Å². The zero-order valence-electron chi connectivity index (χ0n) is 15.4. The van der Waals surface area contributed by atoms with Gasteiger partial charge in [-0.25, -0.2) is 0 Å². The highest BCUT2D eigenvalue weighted by Crippen LogP contribution is 2.28. The van der Waals surface area contributed by atoms with E-state index < -0.39 is 0 Å². The third-order valence-electron chi connectivity index (χ3n) is 4.63. The molecular formula is C18H28N6. The van der Waals surface area contributed by atoms with Crippen LogP contribution in [0.4, 0.5) is 5.69 Å². The van der Waals surface area contributed by atoms with E-state index in [0.717, 1.165) is 18.8 Å². The van der Waals surface area contributed by atoms with Crippen molar-refractivity contribution in [3.05, 3.63) is 35.7 Å². The molecule has 1 aromatic carbocycles. The van der Waals surface area contributed by atoms with E-state index in [1.807, 2.05) is 0 Å². The summed E-state index contributed by atoms with van der Waals surface area (Å²) < 4.78 is 0. The van der Waals surface area contributed by atoms with E-state index >= 15 is 0 Å². The molecule has 3 rings (SSSR count). The molecular weight excluding hydrogens is 300 g/mol. The number of para-hydroxylation sites is 1. The van der Waals surface area contributed by atoms with Gasteiger partial charge in [-0.2, -0.15) is 4.80 Å². The van der Waals surface area contributed by atoms with Gasteiger partial charge in [0, 0.05) is 18.3 Å². The lowest BCUT2D eigenvalue weighted by Crippen LogP contribution is -2.39. The highest BCUT2D eigenvalue weighted by molar-refractivity contribution is 5.54. The van der Waals surface area contributed by atoms with Crippen LogP contribution in [0.5, 0.6) is 0 Å². The number of aromatic nitrogens is 4. The van der Waals surface area contributed by atoms with E-state index in [1.165, 1.54) is 17.7 Å². The fourth-order valence-corrected chi connectivity index (χ4v) is 3.13. The second-order valence-electron chi connectivity index (χ2n) is 7.83. The Morgan fingerprint density at radius 2 is 1.96 bits per heavy atom. The number of rotatable bonds is 3. The molecule has 0 spiro atoms. The van der Waals surface area contributed by atoms with E-state index in [9.17, 15) is 0 Å². The van der Waals surface area contributed by atoms with Gasteiger partial charge in [0.1, 0.15) is 0 Å². The zero-order valence-corrected chi connectivity index (χ0v) is 15.4. The van der Waals surface area contributed by atoms with Gasteiger partial charge in [0.2, 0.25) is 0 Å². The standard InChI is InChI=1S/C18H28N6/c1-18(2,3)24-20-17(19-21-24)13-23-12-15(22(4)5)11-10-14-8-6-7-9-16(14)23/h6-9,15H,10-13H2,1-5H3/t15-/m0/s1. The molecule has 130 valence electrons.